The van der Waals surface area contributed by atoms with E-state index in [0.717, 1.165) is 0 Å². The van der Waals surface area contributed by atoms with Gasteiger partial charge in [0.05, 0.1) is 23.7 Å². The third-order valence-corrected chi connectivity index (χ3v) is 4.86. The van der Waals surface area contributed by atoms with Gasteiger partial charge in [0, 0.05) is 15.2 Å². The average molecular weight is 370 g/mol. The lowest BCUT2D eigenvalue weighted by molar-refractivity contribution is -0.103. The fraction of sp³-hybridized carbons (Fsp3) is 0.364. The van der Waals surface area contributed by atoms with Crippen LogP contribution in [0.25, 0.3) is 0 Å². The van der Waals surface area contributed by atoms with E-state index >= 15 is 0 Å². The molecule has 0 unspecified atom stereocenters. The maximum absolute atomic E-state index is 12.0. The van der Waals surface area contributed by atoms with Gasteiger partial charge in [0.15, 0.2) is 0 Å². The highest BCUT2D eigenvalue weighted by molar-refractivity contribution is 9.10. The number of rotatable bonds is 3. The van der Waals surface area contributed by atoms with Gasteiger partial charge in [-0.25, -0.2) is 13.2 Å². The van der Waals surface area contributed by atoms with Crippen molar-refractivity contribution in [3.05, 3.63) is 27.7 Å². The molecule has 0 saturated carbocycles. The lowest BCUT2D eigenvalue weighted by atomic mass is 10.1. The van der Waals surface area contributed by atoms with Crippen LogP contribution < -0.4 is 0 Å². The summed E-state index contributed by atoms with van der Waals surface area (Å²) in [4.78, 5) is 11.8. The number of benzene rings is 1. The Labute approximate surface area is 123 Å². The molecule has 19 heavy (non-hydrogen) atoms. The molecule has 0 aromatic heterocycles. The predicted molar refractivity (Wildman–Crippen MR) is 71.9 cm³/mol. The zero-order valence-electron chi connectivity index (χ0n) is 9.85. The van der Waals surface area contributed by atoms with Crippen LogP contribution in [0.1, 0.15) is 15.9 Å². The van der Waals surface area contributed by atoms with E-state index in [0.29, 0.717) is 23.2 Å². The van der Waals surface area contributed by atoms with Crippen LogP contribution in [0.2, 0.25) is 0 Å². The van der Waals surface area contributed by atoms with Crippen LogP contribution in [0.15, 0.2) is 21.5 Å². The van der Waals surface area contributed by atoms with Crippen molar-refractivity contribution in [2.45, 2.75) is 17.9 Å². The molecule has 0 atom stereocenters. The number of carbonyl (C=O) groups excluding carboxylic acids is 1. The summed E-state index contributed by atoms with van der Waals surface area (Å²) < 4.78 is 33.2. The van der Waals surface area contributed by atoms with E-state index in [2.05, 4.69) is 15.9 Å². The number of hydrogen-bond donors (Lipinski definition) is 0. The molecule has 0 bridgehead atoms. The number of halogens is 2. The Bertz CT molecular complexity index is 624. The van der Waals surface area contributed by atoms with Gasteiger partial charge in [0.1, 0.15) is 6.10 Å². The monoisotopic (exact) mass is 368 g/mol. The Balaban J connectivity index is 2.37. The van der Waals surface area contributed by atoms with Crippen LogP contribution in [0.3, 0.4) is 0 Å². The summed E-state index contributed by atoms with van der Waals surface area (Å²) in [7, 11) is 1.37. The van der Waals surface area contributed by atoms with Gasteiger partial charge in [0.25, 0.3) is 9.05 Å². The molecule has 1 heterocycles. The number of esters is 1. The lowest BCUT2D eigenvalue weighted by Crippen LogP contribution is -2.37. The molecule has 1 aliphatic rings. The molecule has 1 aliphatic heterocycles. The molecule has 1 aromatic carbocycles. The Kier molecular flexibility index (Phi) is 4.20. The zero-order chi connectivity index (χ0) is 14.2. The number of ether oxygens (including phenoxy) is 2. The Morgan fingerprint density at radius 1 is 1.47 bits per heavy atom. The van der Waals surface area contributed by atoms with E-state index in [1.807, 2.05) is 0 Å². The SMILES string of the molecule is Cc1c(Br)cc(S(=O)(=O)Cl)cc1C(=O)OC1COC1. The van der Waals surface area contributed by atoms with Gasteiger partial charge in [-0.05, 0) is 24.6 Å². The summed E-state index contributed by atoms with van der Waals surface area (Å²) in [6.45, 7) is 2.40. The number of carbonyl (C=O) groups is 1. The molecule has 0 N–H and O–H groups in total. The summed E-state index contributed by atoms with van der Waals surface area (Å²) >= 11 is 3.20. The molecule has 0 aliphatic carbocycles. The summed E-state index contributed by atoms with van der Waals surface area (Å²) in [6.07, 6.45) is -0.276. The second-order valence-electron chi connectivity index (χ2n) is 4.08. The molecule has 1 aromatic rings. The van der Waals surface area contributed by atoms with Crippen molar-refractivity contribution in [2.24, 2.45) is 0 Å². The summed E-state index contributed by atoms with van der Waals surface area (Å²) in [6, 6.07) is 2.56. The molecule has 1 saturated heterocycles. The van der Waals surface area contributed by atoms with E-state index < -0.39 is 15.0 Å². The molecular weight excluding hydrogens is 360 g/mol. The van der Waals surface area contributed by atoms with Crippen molar-refractivity contribution < 1.29 is 22.7 Å². The Morgan fingerprint density at radius 2 is 2.11 bits per heavy atom. The minimum atomic E-state index is -3.91. The van der Waals surface area contributed by atoms with E-state index in [1.54, 1.807) is 6.92 Å². The first kappa shape index (κ1) is 14.8. The fourth-order valence-electron chi connectivity index (χ4n) is 1.50. The molecule has 5 nitrogen and oxygen atoms in total. The van der Waals surface area contributed by atoms with E-state index in [-0.39, 0.29) is 16.6 Å². The van der Waals surface area contributed by atoms with Crippen LogP contribution in [-0.2, 0) is 18.5 Å². The minimum Gasteiger partial charge on any atom is -0.454 e. The zero-order valence-corrected chi connectivity index (χ0v) is 13.0. The first-order chi connectivity index (χ1) is 8.79. The normalized spacial score (nSPS) is 15.9. The number of hydrogen-bond acceptors (Lipinski definition) is 5. The highest BCUT2D eigenvalue weighted by atomic mass is 79.9. The smallest absolute Gasteiger partial charge is 0.338 e. The molecular formula is C11H10BrClO5S. The lowest BCUT2D eigenvalue weighted by Gasteiger charge is -2.26. The molecule has 0 radical (unpaired) electrons. The van der Waals surface area contributed by atoms with Crippen molar-refractivity contribution in [1.82, 2.24) is 0 Å². The second-order valence-corrected chi connectivity index (χ2v) is 7.50. The van der Waals surface area contributed by atoms with Gasteiger partial charge in [-0.2, -0.15) is 0 Å². The first-order valence-corrected chi connectivity index (χ1v) is 8.43. The van der Waals surface area contributed by atoms with Crippen molar-refractivity contribution in [3.63, 3.8) is 0 Å². The summed E-state index contributed by atoms with van der Waals surface area (Å²) in [5.74, 6) is -0.589. The third kappa shape index (κ3) is 3.28. The van der Waals surface area contributed by atoms with Crippen molar-refractivity contribution in [2.75, 3.05) is 13.2 Å². The van der Waals surface area contributed by atoms with Gasteiger partial charge >= 0.3 is 5.97 Å². The highest BCUT2D eigenvalue weighted by Gasteiger charge is 2.26. The average Bonchev–Trinajstić information content (AvgIpc) is 2.25. The van der Waals surface area contributed by atoms with E-state index in [1.165, 1.54) is 12.1 Å². The van der Waals surface area contributed by atoms with Crippen LogP contribution in [-0.4, -0.2) is 33.7 Å². The maximum Gasteiger partial charge on any atom is 0.338 e. The fourth-order valence-corrected chi connectivity index (χ4v) is 2.90. The molecule has 0 amide bonds. The van der Waals surface area contributed by atoms with Gasteiger partial charge < -0.3 is 9.47 Å². The van der Waals surface area contributed by atoms with E-state index in [9.17, 15) is 13.2 Å². The van der Waals surface area contributed by atoms with Gasteiger partial charge in [-0.1, -0.05) is 15.9 Å². The largest absolute Gasteiger partial charge is 0.454 e. The van der Waals surface area contributed by atoms with Crippen molar-refractivity contribution in [1.29, 1.82) is 0 Å². The predicted octanol–water partition coefficient (Wildman–Crippen LogP) is 2.24. The first-order valence-electron chi connectivity index (χ1n) is 5.32. The standard InChI is InChI=1S/C11H10BrClO5S/c1-6-9(11(14)18-7-4-17-5-7)2-8(3-10(6)12)19(13,15)16/h2-3,7H,4-5H2,1H3. The highest BCUT2D eigenvalue weighted by Crippen LogP contribution is 2.27. The van der Waals surface area contributed by atoms with Crippen molar-refractivity contribution in [3.8, 4) is 0 Å². The van der Waals surface area contributed by atoms with Gasteiger partial charge in [-0.3, -0.25) is 0 Å². The molecule has 0 spiro atoms. The molecule has 104 valence electrons. The maximum atomic E-state index is 12.0. The van der Waals surface area contributed by atoms with Crippen LogP contribution >= 0.6 is 26.6 Å². The molecule has 2 rings (SSSR count). The third-order valence-electron chi connectivity index (χ3n) is 2.70. The van der Waals surface area contributed by atoms with Gasteiger partial charge in [0.2, 0.25) is 0 Å². The Morgan fingerprint density at radius 3 is 2.58 bits per heavy atom. The molecule has 8 heteroatoms. The van der Waals surface area contributed by atoms with Gasteiger partial charge in [-0.15, -0.1) is 0 Å². The van der Waals surface area contributed by atoms with Crippen LogP contribution in [0.4, 0.5) is 0 Å². The quantitative estimate of drug-likeness (QED) is 0.604. The minimum absolute atomic E-state index is 0.150. The summed E-state index contributed by atoms with van der Waals surface area (Å²) in [5.41, 5.74) is 0.759. The van der Waals surface area contributed by atoms with Crippen LogP contribution in [0, 0.1) is 6.92 Å². The summed E-state index contributed by atoms with van der Waals surface area (Å²) in [5, 5.41) is 0. The van der Waals surface area contributed by atoms with Crippen molar-refractivity contribution >= 4 is 41.6 Å². The second kappa shape index (κ2) is 5.40. The topological polar surface area (TPSA) is 69.7 Å². The Hall–Kier alpha value is -0.630. The molecule has 1 fully saturated rings. The van der Waals surface area contributed by atoms with Crippen LogP contribution in [0.5, 0.6) is 0 Å². The van der Waals surface area contributed by atoms with E-state index in [4.69, 9.17) is 20.2 Å².